The summed E-state index contributed by atoms with van der Waals surface area (Å²) in [5, 5.41) is 13.8. The number of aromatic nitrogens is 2. The molecule has 1 saturated heterocycles. The molecule has 0 saturated carbocycles. The number of nitrogens with zero attached hydrogens (tertiary/aromatic N) is 5. The van der Waals surface area contributed by atoms with Gasteiger partial charge in [-0.05, 0) is 35.9 Å². The zero-order valence-electron chi connectivity index (χ0n) is 15.5. The molecule has 0 N–H and O–H groups in total. The number of carbonyl (C=O) groups excluding carboxylic acids is 1. The van der Waals surface area contributed by atoms with Crippen LogP contribution < -0.4 is 0 Å². The van der Waals surface area contributed by atoms with E-state index in [1.165, 1.54) is 0 Å². The lowest BCUT2D eigenvalue weighted by atomic mass is 10.1. The van der Waals surface area contributed by atoms with Crippen molar-refractivity contribution in [1.29, 1.82) is 5.26 Å². The monoisotopic (exact) mass is 371 g/mol. The molecule has 0 radical (unpaired) electrons. The number of hydrogen-bond acceptors (Lipinski definition) is 4. The van der Waals surface area contributed by atoms with Crippen LogP contribution in [-0.4, -0.2) is 51.7 Å². The molecule has 6 heteroatoms. The van der Waals surface area contributed by atoms with Gasteiger partial charge in [-0.1, -0.05) is 30.3 Å². The molecular formula is C22H21N5O. The molecule has 1 fully saturated rings. The van der Waals surface area contributed by atoms with Crippen LogP contribution >= 0.6 is 0 Å². The van der Waals surface area contributed by atoms with Gasteiger partial charge in [0.05, 0.1) is 11.8 Å². The van der Waals surface area contributed by atoms with E-state index in [-0.39, 0.29) is 11.9 Å². The lowest BCUT2D eigenvalue weighted by molar-refractivity contribution is 0.0606. The average Bonchev–Trinajstić information content (AvgIpc) is 3.30. The third kappa shape index (κ3) is 3.66. The number of nitriles is 1. The Bertz CT molecular complexity index is 952. The summed E-state index contributed by atoms with van der Waals surface area (Å²) < 4.78 is 1.76. The van der Waals surface area contributed by atoms with E-state index in [4.69, 9.17) is 0 Å². The third-order valence-electron chi connectivity index (χ3n) is 5.09. The zero-order chi connectivity index (χ0) is 19.3. The number of piperazine rings is 1. The van der Waals surface area contributed by atoms with Crippen molar-refractivity contribution in [3.8, 4) is 11.8 Å². The molecule has 1 aliphatic rings. The predicted molar refractivity (Wildman–Crippen MR) is 106 cm³/mol. The molecule has 4 rings (SSSR count). The first kappa shape index (κ1) is 18.0. The van der Waals surface area contributed by atoms with Gasteiger partial charge in [0.25, 0.3) is 5.91 Å². The van der Waals surface area contributed by atoms with Gasteiger partial charge < -0.3 is 4.90 Å². The summed E-state index contributed by atoms with van der Waals surface area (Å²) in [6.45, 7) is 2.60. The second-order valence-electron chi connectivity index (χ2n) is 6.77. The summed E-state index contributed by atoms with van der Waals surface area (Å²) in [6, 6.07) is 21.3. The van der Waals surface area contributed by atoms with Crippen LogP contribution in [0.1, 0.15) is 22.0 Å². The molecule has 0 bridgehead atoms. The van der Waals surface area contributed by atoms with Gasteiger partial charge in [0.15, 0.2) is 0 Å². The highest BCUT2D eigenvalue weighted by Gasteiger charge is 2.27. The average molecular weight is 371 g/mol. The van der Waals surface area contributed by atoms with Gasteiger partial charge >= 0.3 is 0 Å². The van der Waals surface area contributed by atoms with Crippen LogP contribution in [-0.2, 0) is 0 Å². The number of hydrogen-bond donors (Lipinski definition) is 0. The first-order valence-corrected chi connectivity index (χ1v) is 9.34. The number of rotatable bonds is 4. The normalized spacial score (nSPS) is 15.8. The van der Waals surface area contributed by atoms with E-state index in [2.05, 4.69) is 16.1 Å². The van der Waals surface area contributed by atoms with E-state index in [0.717, 1.165) is 11.3 Å². The van der Waals surface area contributed by atoms with Crippen LogP contribution in [0.4, 0.5) is 0 Å². The SMILES string of the molecule is N#C[C@@H](c1ccccc1)N1CCN(C(=O)c2ccc(-n3cccn3)cc2)CC1. The summed E-state index contributed by atoms with van der Waals surface area (Å²) in [6.07, 6.45) is 3.59. The van der Waals surface area contributed by atoms with Crippen molar-refractivity contribution in [2.75, 3.05) is 26.2 Å². The molecule has 0 spiro atoms. The highest BCUT2D eigenvalue weighted by atomic mass is 16.2. The molecule has 0 unspecified atom stereocenters. The molecular weight excluding hydrogens is 350 g/mol. The summed E-state index contributed by atoms with van der Waals surface area (Å²) in [5.41, 5.74) is 2.59. The Morgan fingerprint density at radius 2 is 1.68 bits per heavy atom. The molecule has 140 valence electrons. The Labute approximate surface area is 164 Å². The maximum Gasteiger partial charge on any atom is 0.253 e. The van der Waals surface area contributed by atoms with Gasteiger partial charge in [0.2, 0.25) is 0 Å². The highest BCUT2D eigenvalue weighted by molar-refractivity contribution is 5.94. The predicted octanol–water partition coefficient (Wildman–Crippen LogP) is 2.89. The van der Waals surface area contributed by atoms with E-state index in [1.807, 2.05) is 71.8 Å². The maximum atomic E-state index is 12.8. The summed E-state index contributed by atoms with van der Waals surface area (Å²) >= 11 is 0. The molecule has 1 aliphatic heterocycles. The van der Waals surface area contributed by atoms with Crippen LogP contribution in [0.15, 0.2) is 73.1 Å². The quantitative estimate of drug-likeness (QED) is 0.707. The van der Waals surface area contributed by atoms with Gasteiger partial charge in [0.1, 0.15) is 6.04 Å². The van der Waals surface area contributed by atoms with E-state index >= 15 is 0 Å². The molecule has 1 aromatic heterocycles. The fourth-order valence-corrected chi connectivity index (χ4v) is 3.55. The molecule has 2 heterocycles. The third-order valence-corrected chi connectivity index (χ3v) is 5.09. The zero-order valence-corrected chi connectivity index (χ0v) is 15.5. The first-order chi connectivity index (χ1) is 13.8. The van der Waals surface area contributed by atoms with Crippen LogP contribution in [0.2, 0.25) is 0 Å². The minimum atomic E-state index is -0.271. The second kappa shape index (κ2) is 8.07. The number of amides is 1. The summed E-state index contributed by atoms with van der Waals surface area (Å²) in [4.78, 5) is 16.8. The van der Waals surface area contributed by atoms with E-state index in [0.29, 0.717) is 31.7 Å². The molecule has 2 aromatic carbocycles. The fraction of sp³-hybridized carbons (Fsp3) is 0.227. The lowest BCUT2D eigenvalue weighted by Gasteiger charge is -2.37. The fourth-order valence-electron chi connectivity index (χ4n) is 3.55. The summed E-state index contributed by atoms with van der Waals surface area (Å²) in [5.74, 6) is 0.0277. The number of benzene rings is 2. The van der Waals surface area contributed by atoms with Crippen LogP contribution in [0.3, 0.4) is 0 Å². The van der Waals surface area contributed by atoms with Crippen molar-refractivity contribution in [1.82, 2.24) is 19.6 Å². The van der Waals surface area contributed by atoms with Gasteiger partial charge in [-0.2, -0.15) is 10.4 Å². The first-order valence-electron chi connectivity index (χ1n) is 9.34. The maximum absolute atomic E-state index is 12.8. The molecule has 1 amide bonds. The molecule has 3 aromatic rings. The van der Waals surface area contributed by atoms with Gasteiger partial charge in [-0.25, -0.2) is 4.68 Å². The smallest absolute Gasteiger partial charge is 0.253 e. The van der Waals surface area contributed by atoms with Gasteiger partial charge in [0, 0.05) is 44.1 Å². The van der Waals surface area contributed by atoms with Crippen LogP contribution in [0, 0.1) is 11.3 Å². The molecule has 0 aliphatic carbocycles. The van der Waals surface area contributed by atoms with Gasteiger partial charge in [-0.3, -0.25) is 9.69 Å². The van der Waals surface area contributed by atoms with Crippen molar-refractivity contribution < 1.29 is 4.79 Å². The van der Waals surface area contributed by atoms with Crippen molar-refractivity contribution in [3.05, 3.63) is 84.2 Å². The topological polar surface area (TPSA) is 65.2 Å². The van der Waals surface area contributed by atoms with Crippen molar-refractivity contribution in [3.63, 3.8) is 0 Å². The van der Waals surface area contributed by atoms with E-state index in [9.17, 15) is 10.1 Å². The minimum absolute atomic E-state index is 0.0277. The van der Waals surface area contributed by atoms with Crippen molar-refractivity contribution >= 4 is 5.91 Å². The minimum Gasteiger partial charge on any atom is -0.336 e. The summed E-state index contributed by atoms with van der Waals surface area (Å²) in [7, 11) is 0. The standard InChI is InChI=1S/C22H21N5O/c23-17-21(18-5-2-1-3-6-18)25-13-15-26(16-14-25)22(28)19-7-9-20(10-8-19)27-12-4-11-24-27/h1-12,21H,13-16H2/t21-/m0/s1. The van der Waals surface area contributed by atoms with Crippen LogP contribution in [0.25, 0.3) is 5.69 Å². The second-order valence-corrected chi connectivity index (χ2v) is 6.77. The highest BCUT2D eigenvalue weighted by Crippen LogP contribution is 2.22. The Kier molecular flexibility index (Phi) is 5.18. The Balaban J connectivity index is 1.39. The van der Waals surface area contributed by atoms with E-state index in [1.54, 1.807) is 10.9 Å². The van der Waals surface area contributed by atoms with Gasteiger partial charge in [-0.15, -0.1) is 0 Å². The van der Waals surface area contributed by atoms with Crippen LogP contribution in [0.5, 0.6) is 0 Å². The molecule has 6 nitrogen and oxygen atoms in total. The lowest BCUT2D eigenvalue weighted by Crippen LogP contribution is -2.49. The van der Waals surface area contributed by atoms with Crippen molar-refractivity contribution in [2.45, 2.75) is 6.04 Å². The largest absolute Gasteiger partial charge is 0.336 e. The molecule has 28 heavy (non-hydrogen) atoms. The Morgan fingerprint density at radius 3 is 2.29 bits per heavy atom. The Hall–Kier alpha value is -3.43. The Morgan fingerprint density at radius 1 is 0.964 bits per heavy atom. The molecule has 1 atom stereocenters. The number of carbonyl (C=O) groups is 1. The van der Waals surface area contributed by atoms with E-state index < -0.39 is 0 Å². The van der Waals surface area contributed by atoms with Crippen molar-refractivity contribution in [2.24, 2.45) is 0 Å².